The van der Waals surface area contributed by atoms with Gasteiger partial charge in [0.1, 0.15) is 5.82 Å². The fraction of sp³-hybridized carbons (Fsp3) is 0.154. The Morgan fingerprint density at radius 1 is 1.26 bits per heavy atom. The van der Waals surface area contributed by atoms with Crippen LogP contribution < -0.4 is 5.32 Å². The van der Waals surface area contributed by atoms with Crippen molar-refractivity contribution in [1.29, 1.82) is 0 Å². The van der Waals surface area contributed by atoms with Gasteiger partial charge in [0.15, 0.2) is 0 Å². The lowest BCUT2D eigenvalue weighted by Gasteiger charge is -2.14. The Kier molecular flexibility index (Phi) is 3.70. The van der Waals surface area contributed by atoms with Gasteiger partial charge in [0.25, 0.3) is 5.69 Å². The summed E-state index contributed by atoms with van der Waals surface area (Å²) in [5, 5.41) is 13.9. The second kappa shape index (κ2) is 5.43. The number of nitro groups is 1. The third-order valence-corrected chi connectivity index (χ3v) is 2.68. The molecule has 98 valence electrons. The molecule has 0 aliphatic heterocycles. The highest BCUT2D eigenvalue weighted by Gasteiger charge is 2.18. The number of rotatable bonds is 4. The van der Waals surface area contributed by atoms with E-state index >= 15 is 0 Å². The number of nitrogens with one attached hydrogen (secondary N) is 1. The molecule has 0 amide bonds. The minimum absolute atomic E-state index is 0.0268. The molecule has 0 spiro atoms. The van der Waals surface area contributed by atoms with Crippen LogP contribution in [0.3, 0.4) is 0 Å². The standard InChI is InChI=1S/C13H12FN3O2/c1-9(15-13-8-4-7-12(14)16-13)10-5-2-3-6-11(10)17(18)19/h2-9H,1H3,(H,15,16). The second-order valence-electron chi connectivity index (χ2n) is 4.03. The SMILES string of the molecule is CC(Nc1cccc(F)n1)c1ccccc1[N+](=O)[O-]. The fourth-order valence-electron chi connectivity index (χ4n) is 1.81. The van der Waals surface area contributed by atoms with Crippen molar-refractivity contribution >= 4 is 11.5 Å². The highest BCUT2D eigenvalue weighted by atomic mass is 19.1. The predicted molar refractivity (Wildman–Crippen MR) is 69.3 cm³/mol. The van der Waals surface area contributed by atoms with E-state index in [0.717, 1.165) is 0 Å². The maximum atomic E-state index is 13.0. The van der Waals surface area contributed by atoms with E-state index < -0.39 is 10.9 Å². The predicted octanol–water partition coefficient (Wildman–Crippen LogP) is 3.30. The van der Waals surface area contributed by atoms with Gasteiger partial charge in [0.05, 0.1) is 16.5 Å². The Morgan fingerprint density at radius 3 is 2.68 bits per heavy atom. The van der Waals surface area contributed by atoms with E-state index in [9.17, 15) is 14.5 Å². The number of para-hydroxylation sites is 1. The van der Waals surface area contributed by atoms with Gasteiger partial charge in [0.2, 0.25) is 5.95 Å². The average Bonchev–Trinajstić information content (AvgIpc) is 2.38. The maximum absolute atomic E-state index is 13.0. The Labute approximate surface area is 109 Å². The van der Waals surface area contributed by atoms with E-state index in [1.165, 1.54) is 18.2 Å². The molecule has 0 aliphatic rings. The largest absolute Gasteiger partial charge is 0.363 e. The molecule has 1 heterocycles. The molecule has 0 bridgehead atoms. The van der Waals surface area contributed by atoms with E-state index in [1.807, 2.05) is 0 Å². The van der Waals surface area contributed by atoms with Crippen LogP contribution in [0.4, 0.5) is 15.9 Å². The van der Waals surface area contributed by atoms with Gasteiger partial charge in [-0.1, -0.05) is 24.3 Å². The van der Waals surface area contributed by atoms with Gasteiger partial charge < -0.3 is 5.32 Å². The van der Waals surface area contributed by atoms with Gasteiger partial charge >= 0.3 is 0 Å². The summed E-state index contributed by atoms with van der Waals surface area (Å²) in [6.07, 6.45) is 0. The Bertz CT molecular complexity index is 604. The minimum Gasteiger partial charge on any atom is -0.363 e. The second-order valence-corrected chi connectivity index (χ2v) is 4.03. The summed E-state index contributed by atoms with van der Waals surface area (Å²) in [4.78, 5) is 14.2. The van der Waals surface area contributed by atoms with Crippen LogP contribution in [-0.2, 0) is 0 Å². The van der Waals surface area contributed by atoms with Crippen molar-refractivity contribution in [3.8, 4) is 0 Å². The number of anilines is 1. The molecular weight excluding hydrogens is 249 g/mol. The molecule has 1 aromatic heterocycles. The summed E-state index contributed by atoms with van der Waals surface area (Å²) in [5.41, 5.74) is 0.553. The van der Waals surface area contributed by atoms with Gasteiger partial charge in [-0.3, -0.25) is 10.1 Å². The van der Waals surface area contributed by atoms with E-state index in [0.29, 0.717) is 11.4 Å². The molecule has 1 N–H and O–H groups in total. The highest BCUT2D eigenvalue weighted by molar-refractivity contribution is 5.46. The summed E-state index contributed by atoms with van der Waals surface area (Å²) in [6.45, 7) is 1.76. The molecule has 0 fully saturated rings. The Morgan fingerprint density at radius 2 is 2.00 bits per heavy atom. The van der Waals surface area contributed by atoms with Crippen LogP contribution in [0.5, 0.6) is 0 Å². The lowest BCUT2D eigenvalue weighted by Crippen LogP contribution is -2.10. The zero-order valence-corrected chi connectivity index (χ0v) is 10.2. The van der Waals surface area contributed by atoms with Crippen molar-refractivity contribution in [3.63, 3.8) is 0 Å². The molecular formula is C13H12FN3O2. The third kappa shape index (κ3) is 3.04. The number of nitrogens with zero attached hydrogens (tertiary/aromatic N) is 2. The number of pyridine rings is 1. The van der Waals surface area contributed by atoms with E-state index in [-0.39, 0.29) is 11.7 Å². The summed E-state index contributed by atoms with van der Waals surface area (Å²) in [5.74, 6) is -0.259. The maximum Gasteiger partial charge on any atom is 0.274 e. The first kappa shape index (κ1) is 12.9. The van der Waals surface area contributed by atoms with Crippen LogP contribution in [0.2, 0.25) is 0 Å². The minimum atomic E-state index is -0.597. The zero-order chi connectivity index (χ0) is 13.8. The van der Waals surface area contributed by atoms with Crippen molar-refractivity contribution in [2.75, 3.05) is 5.32 Å². The first-order valence-corrected chi connectivity index (χ1v) is 5.70. The molecule has 2 aromatic rings. The molecule has 0 saturated carbocycles. The molecule has 6 heteroatoms. The van der Waals surface area contributed by atoms with Crippen molar-refractivity contribution in [3.05, 3.63) is 64.1 Å². The summed E-state index contributed by atoms with van der Waals surface area (Å²) >= 11 is 0. The van der Waals surface area contributed by atoms with Gasteiger partial charge in [-0.2, -0.15) is 4.39 Å². The molecule has 0 radical (unpaired) electrons. The topological polar surface area (TPSA) is 68.1 Å². The molecule has 1 atom stereocenters. The summed E-state index contributed by atoms with van der Waals surface area (Å²) in [7, 11) is 0. The van der Waals surface area contributed by atoms with Crippen molar-refractivity contribution in [1.82, 2.24) is 4.98 Å². The smallest absolute Gasteiger partial charge is 0.274 e. The van der Waals surface area contributed by atoms with Crippen molar-refractivity contribution < 1.29 is 9.31 Å². The van der Waals surface area contributed by atoms with Crippen LogP contribution in [0.1, 0.15) is 18.5 Å². The summed E-state index contributed by atoms with van der Waals surface area (Å²) < 4.78 is 13.0. The van der Waals surface area contributed by atoms with Gasteiger partial charge in [-0.15, -0.1) is 0 Å². The van der Waals surface area contributed by atoms with E-state index in [1.54, 1.807) is 31.2 Å². The molecule has 2 rings (SSSR count). The summed E-state index contributed by atoms with van der Waals surface area (Å²) in [6, 6.07) is 10.4. The van der Waals surface area contributed by atoms with Crippen LogP contribution in [0.25, 0.3) is 0 Å². The number of nitro benzene ring substituents is 1. The first-order chi connectivity index (χ1) is 9.08. The number of hydrogen-bond acceptors (Lipinski definition) is 4. The van der Waals surface area contributed by atoms with Crippen molar-refractivity contribution in [2.24, 2.45) is 0 Å². The molecule has 5 nitrogen and oxygen atoms in total. The highest BCUT2D eigenvalue weighted by Crippen LogP contribution is 2.26. The molecule has 1 aromatic carbocycles. The Hall–Kier alpha value is -2.50. The monoisotopic (exact) mass is 261 g/mol. The van der Waals surface area contributed by atoms with Gasteiger partial charge in [0, 0.05) is 6.07 Å². The normalized spacial score (nSPS) is 11.9. The molecule has 0 aliphatic carbocycles. The first-order valence-electron chi connectivity index (χ1n) is 5.70. The van der Waals surface area contributed by atoms with Gasteiger partial charge in [-0.25, -0.2) is 4.98 Å². The quantitative estimate of drug-likeness (QED) is 0.521. The van der Waals surface area contributed by atoms with Crippen LogP contribution >= 0.6 is 0 Å². The molecule has 0 saturated heterocycles. The number of halogens is 1. The Balaban J connectivity index is 2.25. The molecule has 19 heavy (non-hydrogen) atoms. The average molecular weight is 261 g/mol. The lowest BCUT2D eigenvalue weighted by atomic mass is 10.1. The number of benzene rings is 1. The van der Waals surface area contributed by atoms with Crippen LogP contribution in [0, 0.1) is 16.1 Å². The fourth-order valence-corrected chi connectivity index (χ4v) is 1.81. The van der Waals surface area contributed by atoms with Crippen LogP contribution in [0.15, 0.2) is 42.5 Å². The van der Waals surface area contributed by atoms with Crippen LogP contribution in [-0.4, -0.2) is 9.91 Å². The lowest BCUT2D eigenvalue weighted by molar-refractivity contribution is -0.385. The third-order valence-electron chi connectivity index (χ3n) is 2.68. The zero-order valence-electron chi connectivity index (χ0n) is 10.2. The van der Waals surface area contributed by atoms with E-state index in [4.69, 9.17) is 0 Å². The van der Waals surface area contributed by atoms with Crippen molar-refractivity contribution in [2.45, 2.75) is 13.0 Å². The van der Waals surface area contributed by atoms with E-state index in [2.05, 4.69) is 10.3 Å². The van der Waals surface area contributed by atoms with Gasteiger partial charge in [-0.05, 0) is 19.1 Å². The molecule has 1 unspecified atom stereocenters. The number of aromatic nitrogens is 1. The number of hydrogen-bond donors (Lipinski definition) is 1.